The summed E-state index contributed by atoms with van der Waals surface area (Å²) < 4.78 is 13.7. The summed E-state index contributed by atoms with van der Waals surface area (Å²) in [6.45, 7) is 6.44. The van der Waals surface area contributed by atoms with E-state index in [0.717, 1.165) is 17.7 Å². The molecule has 1 aliphatic heterocycles. The van der Waals surface area contributed by atoms with Crippen molar-refractivity contribution in [2.75, 3.05) is 11.9 Å². The molecule has 0 amide bonds. The molecule has 1 atom stereocenters. The normalized spacial score (nSPS) is 21.9. The molecule has 1 aromatic rings. The van der Waals surface area contributed by atoms with Gasteiger partial charge >= 0.3 is 0 Å². The minimum atomic E-state index is -0.428. The quantitative estimate of drug-likeness (QED) is 0.685. The van der Waals surface area contributed by atoms with Crippen molar-refractivity contribution in [3.05, 3.63) is 29.1 Å². The van der Waals surface area contributed by atoms with Crippen LogP contribution in [0.4, 0.5) is 10.1 Å². The summed E-state index contributed by atoms with van der Waals surface area (Å²) in [5.41, 5.74) is 2.14. The Hall–Kier alpha value is -1.56. The SMILES string of the molecule is C[C@H]1CC(C)(C)N(C)c2cc(F)c(C#N)cc21. The van der Waals surface area contributed by atoms with Crippen LogP contribution < -0.4 is 4.90 Å². The highest BCUT2D eigenvalue weighted by Gasteiger charge is 2.34. The molecule has 0 aliphatic carbocycles. The molecule has 1 heterocycles. The van der Waals surface area contributed by atoms with E-state index in [0.29, 0.717) is 5.92 Å². The van der Waals surface area contributed by atoms with Crippen LogP contribution in [0.2, 0.25) is 0 Å². The van der Waals surface area contributed by atoms with E-state index in [9.17, 15) is 4.39 Å². The Morgan fingerprint density at radius 3 is 2.71 bits per heavy atom. The second-order valence-electron chi connectivity index (χ2n) is 5.48. The van der Waals surface area contributed by atoms with E-state index >= 15 is 0 Å². The lowest BCUT2D eigenvalue weighted by Gasteiger charge is -2.45. The van der Waals surface area contributed by atoms with Gasteiger partial charge in [-0.3, -0.25) is 0 Å². The standard InChI is InChI=1S/C14H17FN2/c1-9-7-14(2,3)17(4)13-6-12(15)10(8-16)5-11(9)13/h5-6,9H,7H2,1-4H3/t9-/m0/s1. The summed E-state index contributed by atoms with van der Waals surface area (Å²) in [7, 11) is 1.98. The summed E-state index contributed by atoms with van der Waals surface area (Å²) in [5.74, 6) is -0.0769. The van der Waals surface area contributed by atoms with E-state index < -0.39 is 5.82 Å². The maximum Gasteiger partial charge on any atom is 0.143 e. The number of anilines is 1. The number of nitrogens with zero attached hydrogens (tertiary/aromatic N) is 2. The Morgan fingerprint density at radius 2 is 2.12 bits per heavy atom. The van der Waals surface area contributed by atoms with Gasteiger partial charge in [0, 0.05) is 18.3 Å². The topological polar surface area (TPSA) is 27.0 Å². The molecule has 2 nitrogen and oxygen atoms in total. The predicted octanol–water partition coefficient (Wildman–Crippen LogP) is 3.42. The minimum Gasteiger partial charge on any atom is -0.369 e. The molecule has 0 saturated carbocycles. The zero-order valence-electron chi connectivity index (χ0n) is 10.7. The molecule has 0 spiro atoms. The zero-order valence-corrected chi connectivity index (χ0v) is 10.7. The fraction of sp³-hybridized carbons (Fsp3) is 0.500. The summed E-state index contributed by atoms with van der Waals surface area (Å²) in [6, 6.07) is 5.09. The lowest BCUT2D eigenvalue weighted by atomic mass is 9.80. The molecule has 0 radical (unpaired) electrons. The molecule has 0 bridgehead atoms. The van der Waals surface area contributed by atoms with Crippen molar-refractivity contribution in [1.82, 2.24) is 0 Å². The van der Waals surface area contributed by atoms with E-state index in [1.165, 1.54) is 6.07 Å². The third-order valence-electron chi connectivity index (χ3n) is 3.84. The Bertz CT molecular complexity index is 500. The number of halogens is 1. The van der Waals surface area contributed by atoms with Crippen molar-refractivity contribution >= 4 is 5.69 Å². The van der Waals surface area contributed by atoms with Gasteiger partial charge in [0.25, 0.3) is 0 Å². The first kappa shape index (κ1) is 11.9. The molecule has 1 aliphatic rings. The highest BCUT2D eigenvalue weighted by Crippen LogP contribution is 2.43. The van der Waals surface area contributed by atoms with Gasteiger partial charge in [-0.2, -0.15) is 5.26 Å². The summed E-state index contributed by atoms with van der Waals surface area (Å²) in [6.07, 6.45) is 1.01. The highest BCUT2D eigenvalue weighted by atomic mass is 19.1. The smallest absolute Gasteiger partial charge is 0.143 e. The van der Waals surface area contributed by atoms with Crippen LogP contribution in [0.15, 0.2) is 12.1 Å². The molecule has 0 fully saturated rings. The lowest BCUT2D eigenvalue weighted by Crippen LogP contribution is -2.45. The molecule has 17 heavy (non-hydrogen) atoms. The van der Waals surface area contributed by atoms with Crippen LogP contribution in [-0.4, -0.2) is 12.6 Å². The van der Waals surface area contributed by atoms with Gasteiger partial charge in [0.15, 0.2) is 0 Å². The van der Waals surface area contributed by atoms with Crippen molar-refractivity contribution < 1.29 is 4.39 Å². The van der Waals surface area contributed by atoms with Crippen molar-refractivity contribution in [1.29, 1.82) is 5.26 Å². The number of hydrogen-bond acceptors (Lipinski definition) is 2. The van der Waals surface area contributed by atoms with Crippen LogP contribution in [0.25, 0.3) is 0 Å². The molecule has 1 aromatic carbocycles. The second kappa shape index (κ2) is 3.73. The molecular formula is C14H17FN2. The molecular weight excluding hydrogens is 215 g/mol. The summed E-state index contributed by atoms with van der Waals surface area (Å²) in [5, 5.41) is 8.87. The predicted molar refractivity (Wildman–Crippen MR) is 66.6 cm³/mol. The number of nitriles is 1. The number of benzene rings is 1. The maximum absolute atomic E-state index is 13.7. The molecule has 90 valence electrons. The van der Waals surface area contributed by atoms with Gasteiger partial charge in [0.1, 0.15) is 11.9 Å². The highest BCUT2D eigenvalue weighted by molar-refractivity contribution is 5.61. The average molecular weight is 232 g/mol. The van der Waals surface area contributed by atoms with E-state index in [1.807, 2.05) is 13.1 Å². The monoisotopic (exact) mass is 232 g/mol. The third-order valence-corrected chi connectivity index (χ3v) is 3.84. The maximum atomic E-state index is 13.7. The molecule has 3 heteroatoms. The van der Waals surface area contributed by atoms with E-state index in [2.05, 4.69) is 25.7 Å². The first-order valence-electron chi connectivity index (χ1n) is 5.84. The number of hydrogen-bond donors (Lipinski definition) is 0. The second-order valence-corrected chi connectivity index (χ2v) is 5.48. The van der Waals surface area contributed by atoms with Crippen LogP contribution in [0.5, 0.6) is 0 Å². The summed E-state index contributed by atoms with van der Waals surface area (Å²) >= 11 is 0. The first-order chi connectivity index (χ1) is 7.86. The van der Waals surface area contributed by atoms with E-state index in [-0.39, 0.29) is 11.1 Å². The molecule has 0 aromatic heterocycles. The largest absolute Gasteiger partial charge is 0.369 e. The van der Waals surface area contributed by atoms with Gasteiger partial charge in [0.05, 0.1) is 5.56 Å². The fourth-order valence-electron chi connectivity index (χ4n) is 2.67. The molecule has 2 rings (SSSR count). The number of fused-ring (bicyclic) bond motifs is 1. The Morgan fingerprint density at radius 1 is 1.47 bits per heavy atom. The van der Waals surface area contributed by atoms with Gasteiger partial charge in [0.2, 0.25) is 0 Å². The molecule has 0 unspecified atom stereocenters. The van der Waals surface area contributed by atoms with Gasteiger partial charge in [-0.15, -0.1) is 0 Å². The fourth-order valence-corrected chi connectivity index (χ4v) is 2.67. The lowest BCUT2D eigenvalue weighted by molar-refractivity contribution is 0.394. The van der Waals surface area contributed by atoms with Crippen molar-refractivity contribution in [2.45, 2.75) is 38.6 Å². The van der Waals surface area contributed by atoms with Gasteiger partial charge < -0.3 is 4.90 Å². The third kappa shape index (κ3) is 1.78. The molecule has 0 N–H and O–H groups in total. The van der Waals surface area contributed by atoms with Crippen LogP contribution in [-0.2, 0) is 0 Å². The Labute approximate surface area is 102 Å². The Kier molecular flexibility index (Phi) is 2.61. The molecule has 0 saturated heterocycles. The van der Waals surface area contributed by atoms with E-state index in [1.54, 1.807) is 6.07 Å². The van der Waals surface area contributed by atoms with Crippen LogP contribution in [0.3, 0.4) is 0 Å². The minimum absolute atomic E-state index is 0.0208. The van der Waals surface area contributed by atoms with Crippen LogP contribution in [0.1, 0.15) is 44.2 Å². The van der Waals surface area contributed by atoms with Crippen molar-refractivity contribution in [3.8, 4) is 6.07 Å². The van der Waals surface area contributed by atoms with Crippen LogP contribution in [0, 0.1) is 17.1 Å². The van der Waals surface area contributed by atoms with Gasteiger partial charge in [-0.25, -0.2) is 4.39 Å². The first-order valence-corrected chi connectivity index (χ1v) is 5.84. The van der Waals surface area contributed by atoms with Crippen molar-refractivity contribution in [3.63, 3.8) is 0 Å². The van der Waals surface area contributed by atoms with Gasteiger partial charge in [-0.1, -0.05) is 6.92 Å². The Balaban J connectivity index is 2.63. The van der Waals surface area contributed by atoms with Gasteiger partial charge in [-0.05, 0) is 43.9 Å². The van der Waals surface area contributed by atoms with Crippen molar-refractivity contribution in [2.24, 2.45) is 0 Å². The van der Waals surface area contributed by atoms with E-state index in [4.69, 9.17) is 5.26 Å². The summed E-state index contributed by atoms with van der Waals surface area (Å²) in [4.78, 5) is 2.10. The van der Waals surface area contributed by atoms with Crippen LogP contribution >= 0.6 is 0 Å². The zero-order chi connectivity index (χ0) is 12.8. The number of rotatable bonds is 0. The average Bonchev–Trinajstić information content (AvgIpc) is 2.25.